The fourth-order valence-corrected chi connectivity index (χ4v) is 5.65. The summed E-state index contributed by atoms with van der Waals surface area (Å²) in [7, 11) is 1.53. The molecule has 4 heterocycles. The van der Waals surface area contributed by atoms with E-state index >= 15 is 0 Å². The molecular weight excluding hydrogens is 572 g/mol. The number of benzene rings is 2. The van der Waals surface area contributed by atoms with Crippen molar-refractivity contribution < 1.29 is 28.5 Å². The molecule has 3 fully saturated rings. The van der Waals surface area contributed by atoms with E-state index in [2.05, 4.69) is 9.97 Å². The smallest absolute Gasteiger partial charge is 0.328 e. The van der Waals surface area contributed by atoms with Gasteiger partial charge in [-0.05, 0) is 48.0 Å². The lowest BCUT2D eigenvalue weighted by atomic mass is 10.1. The number of methoxy groups -OCH3 is 1. The average molecular weight is 605 g/mol. The van der Waals surface area contributed by atoms with Crippen LogP contribution in [0.15, 0.2) is 47.4 Å². The number of amides is 2. The molecule has 13 heteroatoms. The predicted molar refractivity (Wildman–Crippen MR) is 162 cm³/mol. The summed E-state index contributed by atoms with van der Waals surface area (Å²) in [5.41, 5.74) is 2.69. The van der Waals surface area contributed by atoms with E-state index in [9.17, 15) is 9.59 Å². The van der Waals surface area contributed by atoms with Gasteiger partial charge in [0.25, 0.3) is 11.1 Å². The first kappa shape index (κ1) is 28.9. The number of hydrogen-bond acceptors (Lipinski definition) is 12. The molecule has 2 aromatic carbocycles. The van der Waals surface area contributed by atoms with Crippen molar-refractivity contribution in [1.82, 2.24) is 19.9 Å². The summed E-state index contributed by atoms with van der Waals surface area (Å²) < 4.78 is 22.8. The summed E-state index contributed by atoms with van der Waals surface area (Å²) in [6.45, 7) is 7.26. The zero-order chi connectivity index (χ0) is 29.8. The molecule has 0 atom stereocenters. The van der Waals surface area contributed by atoms with Crippen molar-refractivity contribution in [3.8, 4) is 17.5 Å². The highest BCUT2D eigenvalue weighted by atomic mass is 32.2. The van der Waals surface area contributed by atoms with E-state index in [-0.39, 0.29) is 23.7 Å². The van der Waals surface area contributed by atoms with Gasteiger partial charge in [-0.3, -0.25) is 14.5 Å². The van der Waals surface area contributed by atoms with E-state index in [0.717, 1.165) is 22.9 Å². The van der Waals surface area contributed by atoms with Crippen LogP contribution in [0, 0.1) is 6.92 Å². The van der Waals surface area contributed by atoms with Crippen molar-refractivity contribution in [3.05, 3.63) is 64.1 Å². The molecule has 43 heavy (non-hydrogen) atoms. The van der Waals surface area contributed by atoms with Gasteiger partial charge in [0.1, 0.15) is 0 Å². The molecule has 0 unspecified atom stereocenters. The normalized spacial score (nSPS) is 18.5. The van der Waals surface area contributed by atoms with Crippen LogP contribution >= 0.6 is 11.8 Å². The molecule has 224 valence electrons. The number of hydrogen-bond donors (Lipinski definition) is 0. The summed E-state index contributed by atoms with van der Waals surface area (Å²) in [6.07, 6.45) is 1.68. The Bertz CT molecular complexity index is 1490. The highest BCUT2D eigenvalue weighted by Gasteiger charge is 2.35. The van der Waals surface area contributed by atoms with Gasteiger partial charge < -0.3 is 28.7 Å². The lowest BCUT2D eigenvalue weighted by Gasteiger charge is -2.30. The highest BCUT2D eigenvalue weighted by molar-refractivity contribution is 8.18. The van der Waals surface area contributed by atoms with Crippen LogP contribution in [0.3, 0.4) is 0 Å². The Balaban J connectivity index is 1.22. The van der Waals surface area contributed by atoms with Gasteiger partial charge in [0.15, 0.2) is 11.5 Å². The molecule has 0 aliphatic carbocycles. The molecule has 12 nitrogen and oxygen atoms in total. The van der Waals surface area contributed by atoms with Crippen molar-refractivity contribution in [3.63, 3.8) is 0 Å². The molecule has 1 aromatic heterocycles. The second kappa shape index (κ2) is 13.0. The van der Waals surface area contributed by atoms with E-state index in [0.29, 0.717) is 86.5 Å². The Morgan fingerprint density at radius 3 is 2.09 bits per heavy atom. The summed E-state index contributed by atoms with van der Waals surface area (Å²) in [6, 6.07) is 13.2. The molecule has 3 aliphatic heterocycles. The minimum atomic E-state index is -0.327. The summed E-state index contributed by atoms with van der Waals surface area (Å²) in [4.78, 5) is 45.4. The van der Waals surface area contributed by atoms with E-state index in [4.69, 9.17) is 23.9 Å². The third kappa shape index (κ3) is 6.74. The maximum atomic E-state index is 13.1. The van der Waals surface area contributed by atoms with Crippen LogP contribution in [0.2, 0.25) is 0 Å². The molecule has 6 rings (SSSR count). The number of ether oxygens (including phenoxy) is 4. The maximum absolute atomic E-state index is 13.1. The molecule has 0 spiro atoms. The van der Waals surface area contributed by atoms with Crippen LogP contribution in [-0.4, -0.2) is 90.7 Å². The monoisotopic (exact) mass is 604 g/mol. The minimum Gasteiger partial charge on any atom is -0.493 e. The standard InChI is InChI=1S/C30H32N6O6S/c1-20-3-5-21(6-4-20)19-36-26(37)25(43-30(36)38)18-22-7-8-23(24(17-22)39-2)42-29-32-27(34-9-13-40-14-10-34)31-28(33-29)35-11-15-41-16-12-35/h3-8,17-18H,9-16,19H2,1-2H3/b25-18-. The maximum Gasteiger partial charge on any atom is 0.328 e. The fraction of sp³-hybridized carbons (Fsp3) is 0.367. The number of carbonyl (C=O) groups is 2. The number of thioether (sulfide) groups is 1. The zero-order valence-corrected chi connectivity index (χ0v) is 24.8. The second-order valence-electron chi connectivity index (χ2n) is 10.2. The number of imide groups is 1. The van der Waals surface area contributed by atoms with Gasteiger partial charge in [0.2, 0.25) is 11.9 Å². The number of aryl methyl sites for hydroxylation is 1. The minimum absolute atomic E-state index is 0.140. The van der Waals surface area contributed by atoms with E-state index < -0.39 is 0 Å². The molecular formula is C30H32N6O6S. The molecule has 0 N–H and O–H groups in total. The third-order valence-electron chi connectivity index (χ3n) is 7.20. The lowest BCUT2D eigenvalue weighted by molar-refractivity contribution is -0.123. The van der Waals surface area contributed by atoms with Gasteiger partial charge in [0, 0.05) is 26.2 Å². The number of carbonyl (C=O) groups excluding carboxylic acids is 2. The SMILES string of the molecule is COc1cc(/C=C2\SC(=O)N(Cc3ccc(C)cc3)C2=O)ccc1Oc1nc(N2CCOCC2)nc(N2CCOCC2)n1. The van der Waals surface area contributed by atoms with Crippen molar-refractivity contribution in [2.75, 3.05) is 69.5 Å². The van der Waals surface area contributed by atoms with Gasteiger partial charge in [-0.15, -0.1) is 0 Å². The van der Waals surface area contributed by atoms with Crippen LogP contribution < -0.4 is 19.3 Å². The van der Waals surface area contributed by atoms with Gasteiger partial charge in [-0.1, -0.05) is 35.9 Å². The first-order valence-corrected chi connectivity index (χ1v) is 14.9. The van der Waals surface area contributed by atoms with Crippen LogP contribution in [0.4, 0.5) is 16.7 Å². The van der Waals surface area contributed by atoms with Crippen LogP contribution in [0.5, 0.6) is 17.5 Å². The summed E-state index contributed by atoms with van der Waals surface area (Å²) >= 11 is 0.922. The van der Waals surface area contributed by atoms with Crippen molar-refractivity contribution in [2.45, 2.75) is 13.5 Å². The zero-order valence-electron chi connectivity index (χ0n) is 24.0. The largest absolute Gasteiger partial charge is 0.493 e. The van der Waals surface area contributed by atoms with Crippen LogP contribution in [-0.2, 0) is 20.8 Å². The number of anilines is 2. The Kier molecular flexibility index (Phi) is 8.72. The first-order valence-electron chi connectivity index (χ1n) is 14.0. The lowest BCUT2D eigenvalue weighted by Crippen LogP contribution is -2.40. The van der Waals surface area contributed by atoms with Crippen LogP contribution in [0.1, 0.15) is 16.7 Å². The number of nitrogens with zero attached hydrogens (tertiary/aromatic N) is 6. The van der Waals surface area contributed by atoms with E-state index in [1.807, 2.05) is 41.0 Å². The Labute approximate surface area is 253 Å². The van der Waals surface area contributed by atoms with Crippen molar-refractivity contribution in [1.29, 1.82) is 0 Å². The predicted octanol–water partition coefficient (Wildman–Crippen LogP) is 3.89. The fourth-order valence-electron chi connectivity index (χ4n) is 4.81. The van der Waals surface area contributed by atoms with Gasteiger partial charge >= 0.3 is 6.01 Å². The first-order chi connectivity index (χ1) is 21.0. The molecule has 0 bridgehead atoms. The Morgan fingerprint density at radius 1 is 0.860 bits per heavy atom. The summed E-state index contributed by atoms with van der Waals surface area (Å²) in [5.74, 6) is 1.54. The molecule has 3 saturated heterocycles. The topological polar surface area (TPSA) is 119 Å². The van der Waals surface area contributed by atoms with Crippen LogP contribution in [0.25, 0.3) is 6.08 Å². The summed E-state index contributed by atoms with van der Waals surface area (Å²) in [5, 5.41) is -0.300. The van der Waals surface area contributed by atoms with Crippen molar-refractivity contribution in [2.24, 2.45) is 0 Å². The second-order valence-corrected chi connectivity index (χ2v) is 11.2. The number of rotatable bonds is 8. The Morgan fingerprint density at radius 2 is 1.49 bits per heavy atom. The third-order valence-corrected chi connectivity index (χ3v) is 8.11. The Hall–Kier alpha value is -4.20. The van der Waals surface area contributed by atoms with Gasteiger partial charge in [-0.25, -0.2) is 0 Å². The van der Waals surface area contributed by atoms with Gasteiger partial charge in [0.05, 0.1) is 45.0 Å². The number of morpholine rings is 2. The van der Waals surface area contributed by atoms with E-state index in [1.165, 1.54) is 12.0 Å². The number of aromatic nitrogens is 3. The molecule has 0 radical (unpaired) electrons. The van der Waals surface area contributed by atoms with E-state index in [1.54, 1.807) is 24.3 Å². The molecule has 0 saturated carbocycles. The van der Waals surface area contributed by atoms with Crippen molar-refractivity contribution >= 4 is 40.9 Å². The molecule has 3 aromatic rings. The average Bonchev–Trinajstić information content (AvgIpc) is 3.30. The molecule has 3 aliphatic rings. The quantitative estimate of drug-likeness (QED) is 0.347. The highest BCUT2D eigenvalue weighted by Crippen LogP contribution is 2.36. The van der Waals surface area contributed by atoms with Gasteiger partial charge in [-0.2, -0.15) is 15.0 Å². The molecule has 2 amide bonds.